The minimum Gasteiger partial charge on any atom is -0.340 e. The molecule has 0 unspecified atom stereocenters. The van der Waals surface area contributed by atoms with Crippen LogP contribution in [0.2, 0.25) is 0 Å². The fraction of sp³-hybridized carbons (Fsp3) is 0.103. The average molecular weight is 383 g/mol. The molecular formula is C29H21N. The van der Waals surface area contributed by atoms with Gasteiger partial charge in [0.2, 0.25) is 0 Å². The number of aryl methyl sites for hydroxylation is 1. The van der Waals surface area contributed by atoms with Crippen molar-refractivity contribution in [3.05, 3.63) is 96.1 Å². The molecule has 0 amide bonds. The SMILES string of the molecule is CCn1c2c3ccccc3ccc2c2c3c(c4ccccc4c21)-c1ccccc1C3. The van der Waals surface area contributed by atoms with Crippen LogP contribution in [-0.2, 0) is 13.0 Å². The van der Waals surface area contributed by atoms with Gasteiger partial charge in [-0.05, 0) is 46.4 Å². The fourth-order valence-corrected chi connectivity index (χ4v) is 5.81. The fourth-order valence-electron chi connectivity index (χ4n) is 5.81. The van der Waals surface area contributed by atoms with Gasteiger partial charge < -0.3 is 4.57 Å². The number of aromatic nitrogens is 1. The lowest BCUT2D eigenvalue weighted by atomic mass is 9.93. The first-order valence-corrected chi connectivity index (χ1v) is 10.8. The molecule has 0 radical (unpaired) electrons. The largest absolute Gasteiger partial charge is 0.340 e. The zero-order chi connectivity index (χ0) is 19.8. The predicted octanol–water partition coefficient (Wildman–Crippen LogP) is 7.69. The van der Waals surface area contributed by atoms with Crippen LogP contribution in [0.25, 0.3) is 54.5 Å². The molecule has 6 aromatic rings. The maximum absolute atomic E-state index is 2.55. The minimum absolute atomic E-state index is 0.962. The summed E-state index contributed by atoms with van der Waals surface area (Å²) in [5, 5.41) is 8.24. The Morgan fingerprint density at radius 2 is 1.40 bits per heavy atom. The molecule has 1 nitrogen and oxygen atoms in total. The summed E-state index contributed by atoms with van der Waals surface area (Å²) in [7, 11) is 0. The molecule has 1 heteroatoms. The van der Waals surface area contributed by atoms with Crippen LogP contribution >= 0.6 is 0 Å². The summed E-state index contributed by atoms with van der Waals surface area (Å²) >= 11 is 0. The molecule has 7 rings (SSSR count). The monoisotopic (exact) mass is 383 g/mol. The highest BCUT2D eigenvalue weighted by Gasteiger charge is 2.27. The van der Waals surface area contributed by atoms with E-state index in [-0.39, 0.29) is 0 Å². The van der Waals surface area contributed by atoms with E-state index in [9.17, 15) is 0 Å². The van der Waals surface area contributed by atoms with Crippen molar-refractivity contribution in [1.29, 1.82) is 0 Å². The van der Waals surface area contributed by atoms with E-state index in [1.165, 1.54) is 65.6 Å². The Balaban J connectivity index is 1.82. The number of rotatable bonds is 1. The molecule has 0 atom stereocenters. The van der Waals surface area contributed by atoms with E-state index >= 15 is 0 Å². The lowest BCUT2D eigenvalue weighted by Crippen LogP contribution is -1.96. The molecule has 1 aliphatic carbocycles. The molecule has 0 N–H and O–H groups in total. The van der Waals surface area contributed by atoms with Gasteiger partial charge in [0.05, 0.1) is 11.0 Å². The molecule has 30 heavy (non-hydrogen) atoms. The first-order chi connectivity index (χ1) is 14.9. The maximum atomic E-state index is 2.55. The first kappa shape index (κ1) is 16.2. The molecule has 5 aromatic carbocycles. The Morgan fingerprint density at radius 3 is 2.27 bits per heavy atom. The second-order valence-electron chi connectivity index (χ2n) is 8.38. The van der Waals surface area contributed by atoms with E-state index in [1.807, 2.05) is 0 Å². The van der Waals surface area contributed by atoms with E-state index in [4.69, 9.17) is 0 Å². The molecule has 0 saturated carbocycles. The van der Waals surface area contributed by atoms with Gasteiger partial charge in [0.25, 0.3) is 0 Å². The molecule has 1 aromatic heterocycles. The highest BCUT2D eigenvalue weighted by atomic mass is 15.0. The second-order valence-corrected chi connectivity index (χ2v) is 8.38. The summed E-state index contributed by atoms with van der Waals surface area (Å²) in [4.78, 5) is 0. The van der Waals surface area contributed by atoms with E-state index in [0.29, 0.717) is 0 Å². The standard InChI is InChI=1S/C29H21N/c1-2-30-28-21-12-6-3-9-18(21)15-16-24(28)27-25-17-19-10-4-5-11-20(19)26(25)22-13-7-8-14-23(22)29(27)30/h3-16H,2,17H2,1H3. The van der Waals surface area contributed by atoms with Crippen molar-refractivity contribution in [3.63, 3.8) is 0 Å². The van der Waals surface area contributed by atoms with Crippen LogP contribution < -0.4 is 0 Å². The van der Waals surface area contributed by atoms with Crippen molar-refractivity contribution in [2.45, 2.75) is 19.9 Å². The van der Waals surface area contributed by atoms with E-state index in [0.717, 1.165) is 13.0 Å². The molecule has 0 aliphatic heterocycles. The first-order valence-electron chi connectivity index (χ1n) is 10.8. The van der Waals surface area contributed by atoms with E-state index in [2.05, 4.69) is 96.4 Å². The minimum atomic E-state index is 0.962. The summed E-state index contributed by atoms with van der Waals surface area (Å²) < 4.78 is 2.55. The number of fused-ring (bicyclic) bond motifs is 12. The maximum Gasteiger partial charge on any atom is 0.0574 e. The van der Waals surface area contributed by atoms with Crippen LogP contribution in [0, 0.1) is 0 Å². The summed E-state index contributed by atoms with van der Waals surface area (Å²) in [6.45, 7) is 3.24. The molecule has 0 bridgehead atoms. The summed E-state index contributed by atoms with van der Waals surface area (Å²) in [5.41, 5.74) is 8.56. The van der Waals surface area contributed by atoms with Gasteiger partial charge in [-0.2, -0.15) is 0 Å². The van der Waals surface area contributed by atoms with Crippen LogP contribution in [0.3, 0.4) is 0 Å². The Labute approximate surface area is 175 Å². The quantitative estimate of drug-likeness (QED) is 0.274. The zero-order valence-electron chi connectivity index (χ0n) is 16.9. The molecule has 0 saturated heterocycles. The van der Waals surface area contributed by atoms with Gasteiger partial charge in [-0.25, -0.2) is 0 Å². The van der Waals surface area contributed by atoms with Gasteiger partial charge >= 0.3 is 0 Å². The van der Waals surface area contributed by atoms with Crippen LogP contribution in [0.4, 0.5) is 0 Å². The topological polar surface area (TPSA) is 4.93 Å². The lowest BCUT2D eigenvalue weighted by molar-refractivity contribution is 0.832. The molecule has 1 aliphatic rings. The highest BCUT2D eigenvalue weighted by Crippen LogP contribution is 2.49. The third-order valence-corrected chi connectivity index (χ3v) is 6.97. The van der Waals surface area contributed by atoms with Gasteiger partial charge in [0.15, 0.2) is 0 Å². The van der Waals surface area contributed by atoms with Gasteiger partial charge in [0.1, 0.15) is 0 Å². The van der Waals surface area contributed by atoms with Crippen molar-refractivity contribution in [3.8, 4) is 11.1 Å². The molecule has 142 valence electrons. The highest BCUT2D eigenvalue weighted by molar-refractivity contribution is 6.27. The Kier molecular flexibility index (Phi) is 3.10. The van der Waals surface area contributed by atoms with Crippen molar-refractivity contribution in [2.24, 2.45) is 0 Å². The van der Waals surface area contributed by atoms with Gasteiger partial charge in [-0.1, -0.05) is 84.9 Å². The van der Waals surface area contributed by atoms with Crippen molar-refractivity contribution in [1.82, 2.24) is 4.57 Å². The summed E-state index contributed by atoms with van der Waals surface area (Å²) in [6, 6.07) is 31.4. The molecule has 0 spiro atoms. The Bertz CT molecular complexity index is 1650. The van der Waals surface area contributed by atoms with Crippen molar-refractivity contribution >= 4 is 43.4 Å². The Hall–Kier alpha value is -3.58. The van der Waals surface area contributed by atoms with E-state index in [1.54, 1.807) is 0 Å². The van der Waals surface area contributed by atoms with E-state index < -0.39 is 0 Å². The van der Waals surface area contributed by atoms with Gasteiger partial charge in [0, 0.05) is 28.1 Å². The number of hydrogen-bond donors (Lipinski definition) is 0. The second kappa shape index (κ2) is 5.73. The Morgan fingerprint density at radius 1 is 0.667 bits per heavy atom. The van der Waals surface area contributed by atoms with Crippen LogP contribution in [-0.4, -0.2) is 4.57 Å². The van der Waals surface area contributed by atoms with Crippen molar-refractivity contribution < 1.29 is 0 Å². The van der Waals surface area contributed by atoms with Gasteiger partial charge in [-0.15, -0.1) is 0 Å². The molecular weight excluding hydrogens is 362 g/mol. The number of hydrogen-bond acceptors (Lipinski definition) is 0. The van der Waals surface area contributed by atoms with Crippen LogP contribution in [0.5, 0.6) is 0 Å². The summed E-state index contributed by atoms with van der Waals surface area (Å²) in [5.74, 6) is 0. The average Bonchev–Trinajstić information content (AvgIpc) is 3.35. The van der Waals surface area contributed by atoms with Gasteiger partial charge in [-0.3, -0.25) is 0 Å². The molecule has 1 heterocycles. The molecule has 0 fully saturated rings. The predicted molar refractivity (Wildman–Crippen MR) is 128 cm³/mol. The summed E-state index contributed by atoms with van der Waals surface area (Å²) in [6.07, 6.45) is 1.02. The smallest absolute Gasteiger partial charge is 0.0574 e. The van der Waals surface area contributed by atoms with Crippen LogP contribution in [0.1, 0.15) is 18.1 Å². The third-order valence-electron chi connectivity index (χ3n) is 6.97. The normalized spacial score (nSPS) is 12.8. The third kappa shape index (κ3) is 1.88. The van der Waals surface area contributed by atoms with Crippen LogP contribution in [0.15, 0.2) is 84.9 Å². The van der Waals surface area contributed by atoms with Crippen molar-refractivity contribution in [2.75, 3.05) is 0 Å². The number of benzene rings is 5. The zero-order valence-corrected chi connectivity index (χ0v) is 16.9. The number of nitrogens with zero attached hydrogens (tertiary/aromatic N) is 1. The lowest BCUT2D eigenvalue weighted by Gasteiger charge is -2.12.